The van der Waals surface area contributed by atoms with Crippen molar-refractivity contribution in [2.45, 2.75) is 38.0 Å². The Bertz CT molecular complexity index is 296. The molecule has 0 atom stereocenters. The fourth-order valence-corrected chi connectivity index (χ4v) is 0.998. The maximum Gasteiger partial charge on any atom is 0.457 e. The Hall–Kier alpha value is -0.692. The molecule has 0 fully saturated rings. The van der Waals surface area contributed by atoms with E-state index in [4.69, 9.17) is 0 Å². The largest absolute Gasteiger partial charge is 0.457 e. The van der Waals surface area contributed by atoms with E-state index in [2.05, 4.69) is 24.3 Å². The molecule has 0 saturated carbocycles. The van der Waals surface area contributed by atoms with E-state index in [0.29, 0.717) is 0 Å². The number of allylic oxidation sites excluding steroid dienone is 4. The van der Waals surface area contributed by atoms with Gasteiger partial charge in [0, 0.05) is 32.9 Å². The molecule has 0 saturated heterocycles. The van der Waals surface area contributed by atoms with E-state index < -0.39 is 12.4 Å². The summed E-state index contributed by atoms with van der Waals surface area (Å²) in [5.74, 6) is 0.174. The van der Waals surface area contributed by atoms with Gasteiger partial charge >= 0.3 is 12.4 Å². The van der Waals surface area contributed by atoms with E-state index in [1.807, 2.05) is 0 Å². The molecule has 0 aromatic heterocycles. The summed E-state index contributed by atoms with van der Waals surface area (Å²) in [7, 11) is 0. The Labute approximate surface area is 122 Å². The van der Waals surface area contributed by atoms with Crippen LogP contribution >= 0.6 is 0 Å². The van der Waals surface area contributed by atoms with Crippen molar-refractivity contribution in [3.05, 3.63) is 24.3 Å². The van der Waals surface area contributed by atoms with Crippen molar-refractivity contribution in [1.82, 2.24) is 0 Å². The van der Waals surface area contributed by atoms with Gasteiger partial charge in [-0.05, 0) is 25.7 Å². The first-order chi connectivity index (χ1) is 8.21. The average Bonchev–Trinajstić information content (AvgIpc) is 2.12. The SMILES string of the molecule is C1=CCCC=CCC1.FC(F)(F)C#CC(F)(F)F.[Pt]. The minimum absolute atomic E-state index is 0. The topological polar surface area (TPSA) is 0 Å². The van der Waals surface area contributed by atoms with E-state index in [9.17, 15) is 26.3 Å². The third kappa shape index (κ3) is 19.8. The summed E-state index contributed by atoms with van der Waals surface area (Å²) in [4.78, 5) is 0. The average molecular weight is 465 g/mol. The number of hydrogen-bond donors (Lipinski definition) is 0. The monoisotopic (exact) mass is 465 g/mol. The van der Waals surface area contributed by atoms with Crippen LogP contribution in [0.5, 0.6) is 0 Å². The van der Waals surface area contributed by atoms with Crippen molar-refractivity contribution in [2.24, 2.45) is 0 Å². The first-order valence-electron chi connectivity index (χ1n) is 5.18. The van der Waals surface area contributed by atoms with Crippen LogP contribution in [0.4, 0.5) is 26.3 Å². The molecule has 0 aromatic rings. The van der Waals surface area contributed by atoms with Gasteiger partial charge in [-0.2, -0.15) is 26.3 Å². The fraction of sp³-hybridized carbons (Fsp3) is 0.500. The molecule has 0 spiro atoms. The molecule has 0 radical (unpaired) electrons. The Kier molecular flexibility index (Phi) is 11.0. The van der Waals surface area contributed by atoms with Crippen molar-refractivity contribution < 1.29 is 47.4 Å². The minimum atomic E-state index is -5.07. The van der Waals surface area contributed by atoms with Gasteiger partial charge < -0.3 is 0 Å². The van der Waals surface area contributed by atoms with Crippen LogP contribution in [-0.4, -0.2) is 12.4 Å². The molecule has 0 unspecified atom stereocenters. The summed E-state index contributed by atoms with van der Waals surface area (Å²) in [5, 5.41) is 0. The first kappa shape index (κ1) is 20.6. The molecule has 0 amide bonds. The Morgan fingerprint density at radius 3 is 0.947 bits per heavy atom. The fourth-order valence-electron chi connectivity index (χ4n) is 0.998. The summed E-state index contributed by atoms with van der Waals surface area (Å²) >= 11 is 0. The molecule has 0 heterocycles. The molecule has 1 aliphatic rings. The van der Waals surface area contributed by atoms with Crippen molar-refractivity contribution in [3.63, 3.8) is 0 Å². The van der Waals surface area contributed by atoms with E-state index in [0.717, 1.165) is 0 Å². The third-order valence-corrected chi connectivity index (χ3v) is 1.68. The van der Waals surface area contributed by atoms with E-state index >= 15 is 0 Å². The number of alkyl halides is 6. The predicted octanol–water partition coefficient (Wildman–Crippen LogP) is 4.78. The van der Waals surface area contributed by atoms with Crippen molar-refractivity contribution in [1.29, 1.82) is 0 Å². The summed E-state index contributed by atoms with van der Waals surface area (Å²) in [5.41, 5.74) is 0. The Balaban J connectivity index is 0. The second kappa shape index (κ2) is 10.1. The number of hydrogen-bond acceptors (Lipinski definition) is 0. The molecule has 1 aliphatic carbocycles. The van der Waals surface area contributed by atoms with Gasteiger partial charge in [0.1, 0.15) is 0 Å². The van der Waals surface area contributed by atoms with Gasteiger partial charge in [0.2, 0.25) is 0 Å². The maximum atomic E-state index is 10.9. The molecule has 0 bridgehead atoms. The van der Waals surface area contributed by atoms with Crippen molar-refractivity contribution >= 4 is 0 Å². The van der Waals surface area contributed by atoms with Crippen LogP contribution in [0.2, 0.25) is 0 Å². The first-order valence-corrected chi connectivity index (χ1v) is 5.18. The molecule has 112 valence electrons. The third-order valence-electron chi connectivity index (χ3n) is 1.68. The molecule has 1 rings (SSSR count). The van der Waals surface area contributed by atoms with Crippen LogP contribution in [0.15, 0.2) is 24.3 Å². The molecule has 0 nitrogen and oxygen atoms in total. The molecule has 0 aliphatic heterocycles. The zero-order chi connectivity index (χ0) is 14.1. The Morgan fingerprint density at radius 2 is 0.789 bits per heavy atom. The predicted molar refractivity (Wildman–Crippen MR) is 56.6 cm³/mol. The van der Waals surface area contributed by atoms with Gasteiger partial charge in [0.25, 0.3) is 0 Å². The van der Waals surface area contributed by atoms with Crippen molar-refractivity contribution in [2.75, 3.05) is 0 Å². The van der Waals surface area contributed by atoms with Crippen molar-refractivity contribution in [3.8, 4) is 11.8 Å². The summed E-state index contributed by atoms with van der Waals surface area (Å²) in [6.45, 7) is 0. The summed E-state index contributed by atoms with van der Waals surface area (Å²) < 4.78 is 65.5. The van der Waals surface area contributed by atoms with Crippen LogP contribution in [0.25, 0.3) is 0 Å². The summed E-state index contributed by atoms with van der Waals surface area (Å²) in [6, 6.07) is 0. The zero-order valence-corrected chi connectivity index (χ0v) is 12.0. The van der Waals surface area contributed by atoms with E-state index in [1.54, 1.807) is 0 Å². The smallest absolute Gasteiger partial charge is 0.159 e. The second-order valence-electron chi connectivity index (χ2n) is 3.34. The normalized spacial score (nSPS) is 14.8. The standard InChI is InChI=1S/C8H12.C4F6.Pt/c1-2-4-6-8-7-5-3-1;5-3(6,7)1-2-4(8,9)10;/h1-2,7-8H,3-6H2;;. The second-order valence-corrected chi connectivity index (χ2v) is 3.34. The molecular formula is C12H12F6Pt. The van der Waals surface area contributed by atoms with Crippen LogP contribution in [0.3, 0.4) is 0 Å². The molecule has 0 aromatic carbocycles. The maximum absolute atomic E-state index is 10.9. The zero-order valence-electron chi connectivity index (χ0n) is 9.72. The quantitative estimate of drug-likeness (QED) is 0.275. The van der Waals surface area contributed by atoms with Gasteiger partial charge in [-0.3, -0.25) is 0 Å². The number of halogens is 6. The van der Waals surface area contributed by atoms with Gasteiger partial charge in [-0.15, -0.1) is 0 Å². The molecule has 0 N–H and O–H groups in total. The molecule has 19 heavy (non-hydrogen) atoms. The molecule has 7 heteroatoms. The van der Waals surface area contributed by atoms with E-state index in [1.165, 1.54) is 25.7 Å². The summed E-state index contributed by atoms with van der Waals surface area (Å²) in [6.07, 6.45) is 3.85. The molecular weight excluding hydrogens is 453 g/mol. The van der Waals surface area contributed by atoms with Gasteiger partial charge in [-0.25, -0.2) is 0 Å². The van der Waals surface area contributed by atoms with E-state index in [-0.39, 0.29) is 32.9 Å². The van der Waals surface area contributed by atoms with Crippen LogP contribution in [0, 0.1) is 11.8 Å². The minimum Gasteiger partial charge on any atom is -0.159 e. The van der Waals surface area contributed by atoms with Gasteiger partial charge in [0.05, 0.1) is 0 Å². The Morgan fingerprint density at radius 1 is 0.579 bits per heavy atom. The van der Waals surface area contributed by atoms with Crippen LogP contribution < -0.4 is 0 Å². The van der Waals surface area contributed by atoms with Crippen LogP contribution in [0.1, 0.15) is 25.7 Å². The van der Waals surface area contributed by atoms with Gasteiger partial charge in [-0.1, -0.05) is 24.3 Å². The van der Waals surface area contributed by atoms with Gasteiger partial charge in [0.15, 0.2) is 0 Å². The number of rotatable bonds is 0. The van der Waals surface area contributed by atoms with Crippen LogP contribution in [-0.2, 0) is 21.1 Å².